The SMILES string of the molecule is CCC1CN(C)CCCN1CC1CCCCCN1. The second kappa shape index (κ2) is 7.46. The van der Waals surface area contributed by atoms with Gasteiger partial charge in [0.25, 0.3) is 0 Å². The average Bonchev–Trinajstić information content (AvgIpc) is 2.71. The van der Waals surface area contributed by atoms with Crippen molar-refractivity contribution in [2.45, 2.75) is 57.5 Å². The first-order valence-corrected chi connectivity index (χ1v) is 7.95. The third-order valence-corrected chi connectivity index (χ3v) is 4.61. The van der Waals surface area contributed by atoms with E-state index in [0.29, 0.717) is 0 Å². The first kappa shape index (κ1) is 14.3. The predicted molar refractivity (Wildman–Crippen MR) is 78.0 cm³/mol. The van der Waals surface area contributed by atoms with Gasteiger partial charge in [0.1, 0.15) is 0 Å². The summed E-state index contributed by atoms with van der Waals surface area (Å²) in [5, 5.41) is 3.75. The number of rotatable bonds is 3. The Kier molecular flexibility index (Phi) is 5.93. The highest BCUT2D eigenvalue weighted by atomic mass is 15.2. The Hall–Kier alpha value is -0.120. The van der Waals surface area contributed by atoms with E-state index >= 15 is 0 Å². The number of nitrogens with zero attached hydrogens (tertiary/aromatic N) is 2. The molecule has 0 radical (unpaired) electrons. The second-order valence-electron chi connectivity index (χ2n) is 6.17. The van der Waals surface area contributed by atoms with Crippen LogP contribution in [-0.2, 0) is 0 Å². The van der Waals surface area contributed by atoms with Gasteiger partial charge in [0.15, 0.2) is 0 Å². The van der Waals surface area contributed by atoms with E-state index < -0.39 is 0 Å². The maximum absolute atomic E-state index is 3.75. The van der Waals surface area contributed by atoms with Gasteiger partial charge in [0, 0.05) is 25.2 Å². The minimum Gasteiger partial charge on any atom is -0.313 e. The fraction of sp³-hybridized carbons (Fsp3) is 1.00. The molecule has 2 aliphatic heterocycles. The minimum atomic E-state index is 0.741. The van der Waals surface area contributed by atoms with Gasteiger partial charge in [0.2, 0.25) is 0 Å². The van der Waals surface area contributed by atoms with Gasteiger partial charge in [-0.25, -0.2) is 0 Å². The Morgan fingerprint density at radius 3 is 2.83 bits per heavy atom. The Bertz CT molecular complexity index is 224. The summed E-state index contributed by atoms with van der Waals surface area (Å²) in [6.45, 7) is 8.66. The second-order valence-corrected chi connectivity index (χ2v) is 6.17. The van der Waals surface area contributed by atoms with Crippen molar-refractivity contribution in [3.63, 3.8) is 0 Å². The van der Waals surface area contributed by atoms with Crippen molar-refractivity contribution in [1.82, 2.24) is 15.1 Å². The molecule has 2 rings (SSSR count). The van der Waals surface area contributed by atoms with Gasteiger partial charge in [-0.2, -0.15) is 0 Å². The molecule has 3 nitrogen and oxygen atoms in total. The van der Waals surface area contributed by atoms with Gasteiger partial charge in [-0.15, -0.1) is 0 Å². The van der Waals surface area contributed by atoms with Gasteiger partial charge in [-0.1, -0.05) is 19.8 Å². The van der Waals surface area contributed by atoms with E-state index in [4.69, 9.17) is 0 Å². The minimum absolute atomic E-state index is 0.741. The number of hydrogen-bond donors (Lipinski definition) is 1. The van der Waals surface area contributed by atoms with Gasteiger partial charge >= 0.3 is 0 Å². The van der Waals surface area contributed by atoms with E-state index in [2.05, 4.69) is 29.1 Å². The van der Waals surface area contributed by atoms with E-state index in [9.17, 15) is 0 Å². The maximum Gasteiger partial charge on any atom is 0.0221 e. The molecule has 106 valence electrons. The van der Waals surface area contributed by atoms with Crippen LogP contribution in [0.1, 0.15) is 45.4 Å². The monoisotopic (exact) mass is 253 g/mol. The Balaban J connectivity index is 1.88. The molecular formula is C15H31N3. The van der Waals surface area contributed by atoms with Gasteiger partial charge < -0.3 is 10.2 Å². The van der Waals surface area contributed by atoms with Crippen molar-refractivity contribution in [3.8, 4) is 0 Å². The molecular weight excluding hydrogens is 222 g/mol. The number of nitrogens with one attached hydrogen (secondary N) is 1. The average molecular weight is 253 g/mol. The molecule has 2 aliphatic rings. The highest BCUT2D eigenvalue weighted by Crippen LogP contribution is 2.15. The van der Waals surface area contributed by atoms with Crippen LogP contribution in [0.2, 0.25) is 0 Å². The van der Waals surface area contributed by atoms with Crippen LogP contribution in [0.15, 0.2) is 0 Å². The first-order valence-electron chi connectivity index (χ1n) is 7.95. The molecule has 2 fully saturated rings. The zero-order valence-electron chi connectivity index (χ0n) is 12.3. The molecule has 2 heterocycles. The summed E-state index contributed by atoms with van der Waals surface area (Å²) in [7, 11) is 2.27. The van der Waals surface area contributed by atoms with Crippen LogP contribution in [0.5, 0.6) is 0 Å². The highest BCUT2D eigenvalue weighted by molar-refractivity contribution is 4.82. The lowest BCUT2D eigenvalue weighted by molar-refractivity contribution is 0.164. The molecule has 2 atom stereocenters. The van der Waals surface area contributed by atoms with Gasteiger partial charge in [0.05, 0.1) is 0 Å². The molecule has 2 unspecified atom stereocenters. The summed E-state index contributed by atoms with van der Waals surface area (Å²) in [5.74, 6) is 0. The molecule has 0 amide bonds. The largest absolute Gasteiger partial charge is 0.313 e. The predicted octanol–water partition coefficient (Wildman–Crippen LogP) is 1.93. The van der Waals surface area contributed by atoms with Crippen LogP contribution < -0.4 is 5.32 Å². The summed E-state index contributed by atoms with van der Waals surface area (Å²) in [6.07, 6.45) is 8.21. The third-order valence-electron chi connectivity index (χ3n) is 4.61. The molecule has 0 aromatic rings. The molecule has 0 aromatic carbocycles. The Morgan fingerprint density at radius 2 is 2.00 bits per heavy atom. The molecule has 0 spiro atoms. The van der Waals surface area contributed by atoms with Crippen LogP contribution in [-0.4, -0.2) is 61.7 Å². The zero-order chi connectivity index (χ0) is 12.8. The van der Waals surface area contributed by atoms with E-state index in [1.807, 2.05) is 0 Å². The summed E-state index contributed by atoms with van der Waals surface area (Å²) in [6, 6.07) is 1.51. The van der Waals surface area contributed by atoms with Crippen LogP contribution in [0.3, 0.4) is 0 Å². The van der Waals surface area contributed by atoms with Crippen molar-refractivity contribution in [3.05, 3.63) is 0 Å². The lowest BCUT2D eigenvalue weighted by Gasteiger charge is -2.33. The highest BCUT2D eigenvalue weighted by Gasteiger charge is 2.24. The standard InChI is InChI=1S/C15H31N3/c1-3-15-13-17(2)10-7-11-18(15)12-14-8-5-4-6-9-16-14/h14-16H,3-13H2,1-2H3. The van der Waals surface area contributed by atoms with E-state index in [1.165, 1.54) is 71.2 Å². The summed E-state index contributed by atoms with van der Waals surface area (Å²) in [4.78, 5) is 5.27. The summed E-state index contributed by atoms with van der Waals surface area (Å²) >= 11 is 0. The molecule has 0 aromatic heterocycles. The van der Waals surface area contributed by atoms with Crippen LogP contribution in [0, 0.1) is 0 Å². The van der Waals surface area contributed by atoms with Crippen LogP contribution in [0.25, 0.3) is 0 Å². The van der Waals surface area contributed by atoms with Crippen molar-refractivity contribution in [2.24, 2.45) is 0 Å². The zero-order valence-corrected chi connectivity index (χ0v) is 12.3. The first-order chi connectivity index (χ1) is 8.79. The Labute approximate surface area is 113 Å². The topological polar surface area (TPSA) is 18.5 Å². The smallest absolute Gasteiger partial charge is 0.0221 e. The van der Waals surface area contributed by atoms with Crippen LogP contribution >= 0.6 is 0 Å². The quantitative estimate of drug-likeness (QED) is 0.829. The molecule has 18 heavy (non-hydrogen) atoms. The lowest BCUT2D eigenvalue weighted by atomic mass is 10.1. The molecule has 0 aliphatic carbocycles. The number of likely N-dealkylation sites (N-methyl/N-ethyl adjacent to an activating group) is 1. The van der Waals surface area contributed by atoms with E-state index in [-0.39, 0.29) is 0 Å². The van der Waals surface area contributed by atoms with Crippen molar-refractivity contribution < 1.29 is 0 Å². The fourth-order valence-corrected chi connectivity index (χ4v) is 3.46. The number of hydrogen-bond acceptors (Lipinski definition) is 3. The third kappa shape index (κ3) is 4.22. The summed E-state index contributed by atoms with van der Waals surface area (Å²) < 4.78 is 0. The lowest BCUT2D eigenvalue weighted by Crippen LogP contribution is -2.47. The molecule has 3 heteroatoms. The van der Waals surface area contributed by atoms with Gasteiger partial charge in [-0.05, 0) is 52.4 Å². The molecule has 1 N–H and O–H groups in total. The molecule has 2 saturated heterocycles. The fourth-order valence-electron chi connectivity index (χ4n) is 3.46. The summed E-state index contributed by atoms with van der Waals surface area (Å²) in [5.41, 5.74) is 0. The Morgan fingerprint density at radius 1 is 1.11 bits per heavy atom. The molecule has 0 saturated carbocycles. The van der Waals surface area contributed by atoms with E-state index in [1.54, 1.807) is 0 Å². The maximum atomic E-state index is 3.75. The molecule has 0 bridgehead atoms. The van der Waals surface area contributed by atoms with Crippen molar-refractivity contribution >= 4 is 0 Å². The van der Waals surface area contributed by atoms with E-state index in [0.717, 1.165) is 12.1 Å². The van der Waals surface area contributed by atoms with Crippen molar-refractivity contribution in [1.29, 1.82) is 0 Å². The van der Waals surface area contributed by atoms with Gasteiger partial charge in [-0.3, -0.25) is 4.90 Å². The van der Waals surface area contributed by atoms with Crippen molar-refractivity contribution in [2.75, 3.05) is 39.8 Å². The normalized spacial score (nSPS) is 33.0. The van der Waals surface area contributed by atoms with Crippen LogP contribution in [0.4, 0.5) is 0 Å².